The van der Waals surface area contributed by atoms with Gasteiger partial charge in [0.1, 0.15) is 6.26 Å². The smallest absolute Gasteiger partial charge is 0.196 e. The van der Waals surface area contributed by atoms with Crippen LogP contribution in [0.2, 0.25) is 0 Å². The van der Waals surface area contributed by atoms with Crippen LogP contribution in [0.5, 0.6) is 0 Å². The molecule has 0 aliphatic rings. The summed E-state index contributed by atoms with van der Waals surface area (Å²) >= 11 is 0. The molecule has 0 unspecified atom stereocenters. The van der Waals surface area contributed by atoms with Crippen LogP contribution in [-0.2, 0) is 6.54 Å². The highest BCUT2D eigenvalue weighted by molar-refractivity contribution is 6.14. The standard InChI is InChI=1S/C19H15NO2/c1-2-20-17-6-4-3-5-15(17)16-11-13(7-8-18(16)20)19(21)14-9-10-22-12-14/h3-12H,2H2,1H3. The van der Waals surface area contributed by atoms with E-state index in [1.54, 1.807) is 6.07 Å². The topological polar surface area (TPSA) is 35.1 Å². The van der Waals surface area contributed by atoms with Gasteiger partial charge in [0.05, 0.1) is 11.8 Å². The molecule has 0 N–H and O–H groups in total. The van der Waals surface area contributed by atoms with Gasteiger partial charge in [-0.25, -0.2) is 0 Å². The Balaban J connectivity index is 1.98. The Morgan fingerprint density at radius 1 is 1.00 bits per heavy atom. The number of carbonyl (C=O) groups is 1. The SMILES string of the molecule is CCn1c2ccccc2c2cc(C(=O)c3ccoc3)ccc21. The minimum Gasteiger partial charge on any atom is -0.472 e. The lowest BCUT2D eigenvalue weighted by molar-refractivity contribution is 0.103. The highest BCUT2D eigenvalue weighted by Crippen LogP contribution is 2.30. The zero-order chi connectivity index (χ0) is 15.1. The van der Waals surface area contributed by atoms with Gasteiger partial charge >= 0.3 is 0 Å². The van der Waals surface area contributed by atoms with Crippen LogP contribution in [0.4, 0.5) is 0 Å². The number of hydrogen-bond acceptors (Lipinski definition) is 2. The summed E-state index contributed by atoms with van der Waals surface area (Å²) in [6.45, 7) is 3.04. The Kier molecular flexibility index (Phi) is 2.86. The van der Waals surface area contributed by atoms with Crippen molar-refractivity contribution in [1.82, 2.24) is 4.57 Å². The number of benzene rings is 2. The van der Waals surface area contributed by atoms with Crippen LogP contribution in [0.15, 0.2) is 65.5 Å². The van der Waals surface area contributed by atoms with Gasteiger partial charge in [-0.15, -0.1) is 0 Å². The Hall–Kier alpha value is -2.81. The number of ketones is 1. The number of para-hydroxylation sites is 1. The van der Waals surface area contributed by atoms with Crippen molar-refractivity contribution in [3.8, 4) is 0 Å². The van der Waals surface area contributed by atoms with Gasteiger partial charge < -0.3 is 8.98 Å². The summed E-state index contributed by atoms with van der Waals surface area (Å²) in [7, 11) is 0. The van der Waals surface area contributed by atoms with Crippen molar-refractivity contribution in [2.24, 2.45) is 0 Å². The molecule has 0 aliphatic heterocycles. The van der Waals surface area contributed by atoms with E-state index in [-0.39, 0.29) is 5.78 Å². The third kappa shape index (κ3) is 1.79. The average molecular weight is 289 g/mol. The lowest BCUT2D eigenvalue weighted by Crippen LogP contribution is -1.99. The van der Waals surface area contributed by atoms with Gasteiger partial charge in [-0.05, 0) is 37.3 Å². The number of aromatic nitrogens is 1. The molecule has 0 bridgehead atoms. The normalized spacial score (nSPS) is 11.3. The summed E-state index contributed by atoms with van der Waals surface area (Å²) in [6.07, 6.45) is 3.01. The Morgan fingerprint density at radius 2 is 1.82 bits per heavy atom. The third-order valence-electron chi connectivity index (χ3n) is 4.13. The first-order chi connectivity index (χ1) is 10.8. The van der Waals surface area contributed by atoms with Gasteiger partial charge in [-0.3, -0.25) is 4.79 Å². The number of rotatable bonds is 3. The van der Waals surface area contributed by atoms with E-state index >= 15 is 0 Å². The van der Waals surface area contributed by atoms with Crippen molar-refractivity contribution < 1.29 is 9.21 Å². The van der Waals surface area contributed by atoms with E-state index < -0.39 is 0 Å². The van der Waals surface area contributed by atoms with Crippen LogP contribution in [0.3, 0.4) is 0 Å². The molecule has 3 nitrogen and oxygen atoms in total. The van der Waals surface area contributed by atoms with E-state index in [2.05, 4.69) is 23.6 Å². The monoisotopic (exact) mass is 289 g/mol. The Labute approximate surface area is 127 Å². The molecular formula is C19H15NO2. The van der Waals surface area contributed by atoms with Crippen molar-refractivity contribution in [3.05, 3.63) is 72.2 Å². The van der Waals surface area contributed by atoms with Gasteiger partial charge in [0.25, 0.3) is 0 Å². The highest BCUT2D eigenvalue weighted by atomic mass is 16.3. The number of nitrogens with zero attached hydrogens (tertiary/aromatic N) is 1. The van der Waals surface area contributed by atoms with Gasteiger partial charge in [-0.2, -0.15) is 0 Å². The van der Waals surface area contributed by atoms with E-state index in [4.69, 9.17) is 4.42 Å². The van der Waals surface area contributed by atoms with E-state index in [9.17, 15) is 4.79 Å². The molecule has 4 aromatic rings. The zero-order valence-electron chi connectivity index (χ0n) is 12.2. The molecule has 0 spiro atoms. The van der Waals surface area contributed by atoms with Gasteiger partial charge in [0, 0.05) is 33.9 Å². The summed E-state index contributed by atoms with van der Waals surface area (Å²) in [5.74, 6) is -0.0102. The predicted octanol–water partition coefficient (Wildman–Crippen LogP) is 4.64. The largest absolute Gasteiger partial charge is 0.472 e. The van der Waals surface area contributed by atoms with Crippen LogP contribution >= 0.6 is 0 Å². The maximum atomic E-state index is 12.5. The molecule has 2 heterocycles. The van der Waals surface area contributed by atoms with Crippen LogP contribution in [-0.4, -0.2) is 10.4 Å². The molecule has 0 saturated heterocycles. The maximum absolute atomic E-state index is 12.5. The van der Waals surface area contributed by atoms with Crippen molar-refractivity contribution in [2.75, 3.05) is 0 Å². The molecule has 0 saturated carbocycles. The lowest BCUT2D eigenvalue weighted by Gasteiger charge is -2.03. The molecule has 0 fully saturated rings. The van der Waals surface area contributed by atoms with Crippen LogP contribution in [0.1, 0.15) is 22.8 Å². The molecule has 2 aromatic heterocycles. The summed E-state index contributed by atoms with van der Waals surface area (Å²) in [5.41, 5.74) is 3.63. The first kappa shape index (κ1) is 12.9. The molecule has 0 atom stereocenters. The van der Waals surface area contributed by atoms with Crippen molar-refractivity contribution in [1.29, 1.82) is 0 Å². The minimum atomic E-state index is -0.0102. The lowest BCUT2D eigenvalue weighted by atomic mass is 10.0. The summed E-state index contributed by atoms with van der Waals surface area (Å²) in [6, 6.07) is 15.9. The predicted molar refractivity (Wildman–Crippen MR) is 87.3 cm³/mol. The second-order valence-corrected chi connectivity index (χ2v) is 5.33. The fraction of sp³-hybridized carbons (Fsp3) is 0.105. The van der Waals surface area contributed by atoms with Crippen molar-refractivity contribution in [3.63, 3.8) is 0 Å². The number of aryl methyl sites for hydroxylation is 1. The van der Waals surface area contributed by atoms with Crippen molar-refractivity contribution in [2.45, 2.75) is 13.5 Å². The summed E-state index contributed by atoms with van der Waals surface area (Å²) in [5, 5.41) is 2.30. The molecular weight excluding hydrogens is 274 g/mol. The molecule has 3 heteroatoms. The molecule has 0 aliphatic carbocycles. The second-order valence-electron chi connectivity index (χ2n) is 5.33. The maximum Gasteiger partial charge on any atom is 0.196 e. The average Bonchev–Trinajstić information content (AvgIpc) is 3.20. The quantitative estimate of drug-likeness (QED) is 0.515. The van der Waals surface area contributed by atoms with Gasteiger partial charge in [-0.1, -0.05) is 18.2 Å². The number of fused-ring (bicyclic) bond motifs is 3. The first-order valence-electron chi connectivity index (χ1n) is 7.37. The Morgan fingerprint density at radius 3 is 2.59 bits per heavy atom. The second kappa shape index (κ2) is 4.88. The van der Waals surface area contributed by atoms with Crippen LogP contribution in [0.25, 0.3) is 21.8 Å². The zero-order valence-corrected chi connectivity index (χ0v) is 12.2. The van der Waals surface area contributed by atoms with Crippen LogP contribution in [0, 0.1) is 0 Å². The number of furan rings is 1. The Bertz CT molecular complexity index is 977. The van der Waals surface area contributed by atoms with E-state index in [1.165, 1.54) is 23.4 Å². The molecule has 108 valence electrons. The fourth-order valence-corrected chi connectivity index (χ4v) is 3.10. The van der Waals surface area contributed by atoms with E-state index in [1.807, 2.05) is 30.3 Å². The minimum absolute atomic E-state index is 0.0102. The number of hydrogen-bond donors (Lipinski definition) is 0. The molecule has 0 amide bonds. The number of carbonyl (C=O) groups excluding carboxylic acids is 1. The molecule has 2 aromatic carbocycles. The van der Waals surface area contributed by atoms with Gasteiger partial charge in [0.15, 0.2) is 5.78 Å². The summed E-state index contributed by atoms with van der Waals surface area (Å²) in [4.78, 5) is 12.5. The summed E-state index contributed by atoms with van der Waals surface area (Å²) < 4.78 is 7.29. The van der Waals surface area contributed by atoms with E-state index in [0.29, 0.717) is 11.1 Å². The molecule has 22 heavy (non-hydrogen) atoms. The third-order valence-corrected chi connectivity index (χ3v) is 4.13. The van der Waals surface area contributed by atoms with Crippen LogP contribution < -0.4 is 0 Å². The first-order valence-corrected chi connectivity index (χ1v) is 7.37. The van der Waals surface area contributed by atoms with Gasteiger partial charge in [0.2, 0.25) is 0 Å². The molecule has 4 rings (SSSR count). The van der Waals surface area contributed by atoms with Crippen molar-refractivity contribution >= 4 is 27.6 Å². The fourth-order valence-electron chi connectivity index (χ4n) is 3.10. The highest BCUT2D eigenvalue weighted by Gasteiger charge is 2.14. The molecule has 0 radical (unpaired) electrons. The van der Waals surface area contributed by atoms with E-state index in [0.717, 1.165) is 17.4 Å².